The monoisotopic (exact) mass is 329 g/mol. The number of carboxylic acids is 1. The predicted octanol–water partition coefficient (Wildman–Crippen LogP) is 2.79. The number of alkyl halides is 2. The highest BCUT2D eigenvalue weighted by Crippen LogP contribution is 2.16. The van der Waals surface area contributed by atoms with E-state index >= 15 is 0 Å². The van der Waals surface area contributed by atoms with Gasteiger partial charge in [-0.15, -0.1) is 0 Å². The van der Waals surface area contributed by atoms with Crippen molar-refractivity contribution >= 4 is 11.9 Å². The molecule has 0 fully saturated rings. The number of hydrogen-bond acceptors (Lipinski definition) is 3. The first kappa shape index (κ1) is 18.9. The number of rotatable bonds is 9. The molecule has 0 spiro atoms. The van der Waals surface area contributed by atoms with Crippen LogP contribution in [-0.2, 0) is 16.0 Å². The first-order valence-corrected chi connectivity index (χ1v) is 7.31. The van der Waals surface area contributed by atoms with Gasteiger partial charge in [-0.3, -0.25) is 9.59 Å². The minimum absolute atomic E-state index is 0.0288. The van der Waals surface area contributed by atoms with Gasteiger partial charge in [-0.25, -0.2) is 0 Å². The van der Waals surface area contributed by atoms with E-state index in [2.05, 4.69) is 4.74 Å². The Morgan fingerprint density at radius 2 is 1.83 bits per heavy atom. The molecule has 1 aromatic carbocycles. The number of aliphatic carboxylic acids is 1. The van der Waals surface area contributed by atoms with Gasteiger partial charge in [0.25, 0.3) is 0 Å². The number of halogens is 2. The topological polar surface area (TPSA) is 66.8 Å². The summed E-state index contributed by atoms with van der Waals surface area (Å²) < 4.78 is 28.4. The van der Waals surface area contributed by atoms with E-state index in [0.29, 0.717) is 12.1 Å². The van der Waals surface area contributed by atoms with Crippen LogP contribution in [-0.4, -0.2) is 41.6 Å². The Balaban J connectivity index is 2.67. The molecule has 0 saturated carbocycles. The molecule has 0 heterocycles. The first-order chi connectivity index (χ1) is 10.8. The van der Waals surface area contributed by atoms with Crippen LogP contribution in [0.4, 0.5) is 8.78 Å². The quantitative estimate of drug-likeness (QED) is 0.756. The molecular formula is C16H21F2NO4. The summed E-state index contributed by atoms with van der Waals surface area (Å²) in [7, 11) is 0. The molecule has 7 heteroatoms. The second kappa shape index (κ2) is 9.07. The standard InChI is InChI=1S/C16H21F2NO4/c1-11(2)10-19(8-7-15(21)22)14(20)9-12-3-5-13(6-4-12)23-16(17)18/h3-6,11,16H,7-10H2,1-2H3,(H,21,22). The number of benzene rings is 1. The lowest BCUT2D eigenvalue weighted by Gasteiger charge is -2.24. The van der Waals surface area contributed by atoms with Crippen LogP contribution in [0.15, 0.2) is 24.3 Å². The van der Waals surface area contributed by atoms with Crippen LogP contribution in [0.3, 0.4) is 0 Å². The van der Waals surface area contributed by atoms with Crippen molar-refractivity contribution in [3.05, 3.63) is 29.8 Å². The van der Waals surface area contributed by atoms with E-state index in [4.69, 9.17) is 5.11 Å². The summed E-state index contributed by atoms with van der Waals surface area (Å²) in [4.78, 5) is 24.5. The Morgan fingerprint density at radius 1 is 1.22 bits per heavy atom. The van der Waals surface area contributed by atoms with Crippen LogP contribution in [0.2, 0.25) is 0 Å². The maximum absolute atomic E-state index is 12.3. The van der Waals surface area contributed by atoms with Gasteiger partial charge in [0.15, 0.2) is 0 Å². The molecular weight excluding hydrogens is 308 g/mol. The van der Waals surface area contributed by atoms with Gasteiger partial charge in [-0.05, 0) is 23.6 Å². The highest BCUT2D eigenvalue weighted by Gasteiger charge is 2.16. The molecule has 0 bridgehead atoms. The summed E-state index contributed by atoms with van der Waals surface area (Å²) in [6, 6.07) is 5.83. The summed E-state index contributed by atoms with van der Waals surface area (Å²) in [6.07, 6.45) is -0.0269. The second-order valence-electron chi connectivity index (χ2n) is 5.58. The van der Waals surface area contributed by atoms with E-state index in [1.165, 1.54) is 17.0 Å². The van der Waals surface area contributed by atoms with E-state index in [-0.39, 0.29) is 37.0 Å². The molecule has 0 atom stereocenters. The summed E-state index contributed by atoms with van der Waals surface area (Å²) in [5, 5.41) is 8.76. The zero-order valence-electron chi connectivity index (χ0n) is 13.2. The van der Waals surface area contributed by atoms with Gasteiger partial charge in [0, 0.05) is 13.1 Å². The predicted molar refractivity (Wildman–Crippen MR) is 80.4 cm³/mol. The highest BCUT2D eigenvalue weighted by atomic mass is 19.3. The average molecular weight is 329 g/mol. The lowest BCUT2D eigenvalue weighted by atomic mass is 10.1. The molecule has 0 radical (unpaired) electrons. The van der Waals surface area contributed by atoms with Gasteiger partial charge in [0.2, 0.25) is 5.91 Å². The van der Waals surface area contributed by atoms with Crippen molar-refractivity contribution in [2.45, 2.75) is 33.3 Å². The molecule has 0 aromatic heterocycles. The molecule has 1 N–H and O–H groups in total. The maximum Gasteiger partial charge on any atom is 0.387 e. The normalized spacial score (nSPS) is 10.9. The molecule has 128 valence electrons. The third-order valence-corrected chi connectivity index (χ3v) is 3.04. The van der Waals surface area contributed by atoms with Crippen LogP contribution in [0.5, 0.6) is 5.75 Å². The third-order valence-electron chi connectivity index (χ3n) is 3.04. The molecule has 0 unspecified atom stereocenters. The Morgan fingerprint density at radius 3 is 2.30 bits per heavy atom. The minimum atomic E-state index is -2.89. The molecule has 0 saturated heterocycles. The Bertz CT molecular complexity index is 517. The smallest absolute Gasteiger partial charge is 0.387 e. The fourth-order valence-electron chi connectivity index (χ4n) is 2.06. The van der Waals surface area contributed by atoms with Crippen molar-refractivity contribution in [3.8, 4) is 5.75 Å². The van der Waals surface area contributed by atoms with Crippen molar-refractivity contribution < 1.29 is 28.2 Å². The van der Waals surface area contributed by atoms with Crippen molar-refractivity contribution in [2.24, 2.45) is 5.92 Å². The number of amides is 1. The molecule has 0 aliphatic heterocycles. The van der Waals surface area contributed by atoms with Crippen molar-refractivity contribution in [1.29, 1.82) is 0 Å². The van der Waals surface area contributed by atoms with E-state index in [1.807, 2.05) is 13.8 Å². The maximum atomic E-state index is 12.3. The van der Waals surface area contributed by atoms with E-state index in [0.717, 1.165) is 0 Å². The van der Waals surface area contributed by atoms with Crippen LogP contribution < -0.4 is 4.74 Å². The van der Waals surface area contributed by atoms with Crippen molar-refractivity contribution in [3.63, 3.8) is 0 Å². The Hall–Kier alpha value is -2.18. The number of nitrogens with zero attached hydrogens (tertiary/aromatic N) is 1. The summed E-state index contributed by atoms with van der Waals surface area (Å²) >= 11 is 0. The molecule has 5 nitrogen and oxygen atoms in total. The summed E-state index contributed by atoms with van der Waals surface area (Å²) in [5.41, 5.74) is 0.653. The summed E-state index contributed by atoms with van der Waals surface area (Å²) in [5.74, 6) is -0.904. The minimum Gasteiger partial charge on any atom is -0.481 e. The zero-order chi connectivity index (χ0) is 17.4. The van der Waals surface area contributed by atoms with Gasteiger partial charge in [0.05, 0.1) is 12.8 Å². The van der Waals surface area contributed by atoms with Crippen LogP contribution >= 0.6 is 0 Å². The van der Waals surface area contributed by atoms with Crippen LogP contribution in [0.1, 0.15) is 25.8 Å². The van der Waals surface area contributed by atoms with Gasteiger partial charge < -0.3 is 14.7 Å². The number of carbonyl (C=O) groups excluding carboxylic acids is 1. The number of carboxylic acid groups (broad SMARTS) is 1. The molecule has 1 rings (SSSR count). The third kappa shape index (κ3) is 7.58. The summed E-state index contributed by atoms with van der Waals surface area (Å²) in [6.45, 7) is 1.62. The van der Waals surface area contributed by atoms with E-state index < -0.39 is 12.6 Å². The van der Waals surface area contributed by atoms with E-state index in [9.17, 15) is 18.4 Å². The van der Waals surface area contributed by atoms with Gasteiger partial charge in [-0.2, -0.15) is 8.78 Å². The van der Waals surface area contributed by atoms with Gasteiger partial charge in [-0.1, -0.05) is 26.0 Å². The average Bonchev–Trinajstić information content (AvgIpc) is 2.44. The molecule has 0 aliphatic carbocycles. The lowest BCUT2D eigenvalue weighted by molar-refractivity contribution is -0.138. The SMILES string of the molecule is CC(C)CN(CCC(=O)O)C(=O)Cc1ccc(OC(F)F)cc1. The second-order valence-corrected chi connectivity index (χ2v) is 5.58. The fraction of sp³-hybridized carbons (Fsp3) is 0.500. The largest absolute Gasteiger partial charge is 0.481 e. The van der Waals surface area contributed by atoms with Crippen LogP contribution in [0.25, 0.3) is 0 Å². The van der Waals surface area contributed by atoms with Gasteiger partial charge in [0.1, 0.15) is 5.75 Å². The number of ether oxygens (including phenoxy) is 1. The van der Waals surface area contributed by atoms with E-state index in [1.54, 1.807) is 12.1 Å². The number of carbonyl (C=O) groups is 2. The zero-order valence-corrected chi connectivity index (χ0v) is 13.2. The lowest BCUT2D eigenvalue weighted by Crippen LogP contribution is -2.37. The fourth-order valence-corrected chi connectivity index (χ4v) is 2.06. The molecule has 23 heavy (non-hydrogen) atoms. The van der Waals surface area contributed by atoms with Gasteiger partial charge >= 0.3 is 12.6 Å². The Kier molecular flexibility index (Phi) is 7.44. The Labute approximate surface area is 133 Å². The van der Waals surface area contributed by atoms with Crippen molar-refractivity contribution in [2.75, 3.05) is 13.1 Å². The van der Waals surface area contributed by atoms with Crippen molar-refractivity contribution in [1.82, 2.24) is 4.90 Å². The molecule has 1 amide bonds. The highest BCUT2D eigenvalue weighted by molar-refractivity contribution is 5.79. The first-order valence-electron chi connectivity index (χ1n) is 7.31. The number of hydrogen-bond donors (Lipinski definition) is 1. The molecule has 0 aliphatic rings. The van der Waals surface area contributed by atoms with Crippen LogP contribution in [0, 0.1) is 5.92 Å². The molecule has 1 aromatic rings.